The van der Waals surface area contributed by atoms with Gasteiger partial charge in [-0.3, -0.25) is 0 Å². The minimum Gasteiger partial charge on any atom is -0.0901 e. The second-order valence-corrected chi connectivity index (χ2v) is 5.73. The molecule has 0 saturated heterocycles. The predicted octanol–water partition coefficient (Wildman–Crippen LogP) is 5.64. The monoisotopic (exact) mass is 256 g/mol. The van der Waals surface area contributed by atoms with Crippen LogP contribution in [0.5, 0.6) is 0 Å². The molecule has 3 rings (SSSR count). The largest absolute Gasteiger partial charge is 0.0901 e. The molecule has 94 valence electrons. The van der Waals surface area contributed by atoms with Gasteiger partial charge in [0.2, 0.25) is 0 Å². The predicted molar refractivity (Wildman–Crippen MR) is 80.0 cm³/mol. The molecular weight excluding hydrogens is 236 g/mol. The minimum atomic E-state index is 1.13. The van der Waals surface area contributed by atoms with Gasteiger partial charge in [0.05, 0.1) is 0 Å². The van der Waals surface area contributed by atoms with Gasteiger partial charge in [-0.2, -0.15) is 0 Å². The van der Waals surface area contributed by atoms with Crippen LogP contribution in [0.25, 0.3) is 0 Å². The summed E-state index contributed by atoms with van der Waals surface area (Å²) in [4.78, 5) is 2.57. The van der Waals surface area contributed by atoms with Crippen molar-refractivity contribution >= 4 is 11.8 Å². The van der Waals surface area contributed by atoms with Crippen LogP contribution in [0.4, 0.5) is 0 Å². The third kappa shape index (κ3) is 4.97. The van der Waals surface area contributed by atoms with Crippen molar-refractivity contribution in [3.8, 4) is 0 Å². The Kier molecular flexibility index (Phi) is 5.35. The molecule has 0 bridgehead atoms. The molecule has 0 radical (unpaired) electrons. The molecule has 0 aliphatic heterocycles. The van der Waals surface area contributed by atoms with Crippen molar-refractivity contribution in [1.29, 1.82) is 0 Å². The molecule has 0 unspecified atom stereocenters. The molecule has 1 fully saturated rings. The van der Waals surface area contributed by atoms with Gasteiger partial charge in [-0.15, -0.1) is 0 Å². The van der Waals surface area contributed by atoms with Gasteiger partial charge in [0.25, 0.3) is 0 Å². The third-order valence-electron chi connectivity index (χ3n) is 3.00. The van der Waals surface area contributed by atoms with Crippen LogP contribution in [0.15, 0.2) is 70.5 Å². The zero-order chi connectivity index (χ0) is 12.6. The molecule has 2 aromatic rings. The van der Waals surface area contributed by atoms with Crippen LogP contribution in [-0.4, -0.2) is 0 Å². The first-order chi connectivity index (χ1) is 8.88. The molecule has 18 heavy (non-hydrogen) atoms. The molecule has 0 N–H and O–H groups in total. The highest BCUT2D eigenvalue weighted by Gasteiger charge is 2.17. The lowest BCUT2D eigenvalue weighted by molar-refractivity contribution is 0.799. The first kappa shape index (κ1) is 13.2. The van der Waals surface area contributed by atoms with E-state index in [-0.39, 0.29) is 0 Å². The van der Waals surface area contributed by atoms with Gasteiger partial charge >= 0.3 is 0 Å². The van der Waals surface area contributed by atoms with Gasteiger partial charge < -0.3 is 0 Å². The first-order valence-corrected chi connectivity index (χ1v) is 7.48. The summed E-state index contributed by atoms with van der Waals surface area (Å²) in [5, 5.41) is 0. The molecule has 1 aliphatic rings. The highest BCUT2D eigenvalue weighted by Crippen LogP contribution is 2.31. The number of rotatable bonds is 3. The van der Waals surface area contributed by atoms with Crippen LogP contribution in [0.2, 0.25) is 0 Å². The fourth-order valence-corrected chi connectivity index (χ4v) is 2.50. The first-order valence-electron chi connectivity index (χ1n) is 6.66. The molecule has 2 aromatic carbocycles. The van der Waals surface area contributed by atoms with Crippen molar-refractivity contribution in [3.05, 3.63) is 60.7 Å². The maximum Gasteiger partial charge on any atom is 0.0122 e. The van der Waals surface area contributed by atoms with Crippen LogP contribution in [0, 0.1) is 5.92 Å². The average Bonchev–Trinajstić information content (AvgIpc) is 3.26. The van der Waals surface area contributed by atoms with Gasteiger partial charge in [0.15, 0.2) is 0 Å². The fraction of sp³-hybridized carbons (Fsp3) is 0.294. The fourth-order valence-electron chi connectivity index (χ4n) is 1.64. The molecule has 0 nitrogen and oxygen atoms in total. The number of hydrogen-bond donors (Lipinski definition) is 0. The molecule has 0 spiro atoms. The van der Waals surface area contributed by atoms with Crippen molar-refractivity contribution in [2.75, 3.05) is 0 Å². The van der Waals surface area contributed by atoms with Crippen LogP contribution in [-0.2, 0) is 0 Å². The van der Waals surface area contributed by atoms with Gasteiger partial charge in [-0.05, 0) is 30.2 Å². The summed E-state index contributed by atoms with van der Waals surface area (Å²) in [7, 11) is 0. The topological polar surface area (TPSA) is 0 Å². The molecule has 0 atom stereocenters. The van der Waals surface area contributed by atoms with E-state index in [4.69, 9.17) is 0 Å². The van der Waals surface area contributed by atoms with E-state index in [0.29, 0.717) is 0 Å². The highest BCUT2D eigenvalue weighted by molar-refractivity contribution is 7.99. The molecule has 0 amide bonds. The van der Waals surface area contributed by atoms with Crippen molar-refractivity contribution in [3.63, 3.8) is 0 Å². The Morgan fingerprint density at radius 3 is 1.56 bits per heavy atom. The van der Waals surface area contributed by atoms with Crippen LogP contribution < -0.4 is 0 Å². The Hall–Kier alpha value is -1.21. The van der Waals surface area contributed by atoms with E-state index in [0.717, 1.165) is 5.92 Å². The van der Waals surface area contributed by atoms with Crippen molar-refractivity contribution in [2.24, 2.45) is 5.92 Å². The van der Waals surface area contributed by atoms with Gasteiger partial charge in [0.1, 0.15) is 0 Å². The lowest BCUT2D eigenvalue weighted by Crippen LogP contribution is -1.70. The summed E-state index contributed by atoms with van der Waals surface area (Å²) < 4.78 is 0. The SMILES string of the molecule is CCC1CC1.c1ccc(Sc2ccccc2)cc1. The summed E-state index contributed by atoms with van der Waals surface area (Å²) >= 11 is 1.79. The number of hydrogen-bond acceptors (Lipinski definition) is 1. The van der Waals surface area contributed by atoms with E-state index in [1.165, 1.54) is 29.1 Å². The van der Waals surface area contributed by atoms with E-state index >= 15 is 0 Å². The van der Waals surface area contributed by atoms with E-state index in [9.17, 15) is 0 Å². The molecule has 0 aromatic heterocycles. The zero-order valence-electron chi connectivity index (χ0n) is 10.9. The van der Waals surface area contributed by atoms with Crippen LogP contribution in [0.3, 0.4) is 0 Å². The van der Waals surface area contributed by atoms with Crippen molar-refractivity contribution in [1.82, 2.24) is 0 Å². The molecule has 1 saturated carbocycles. The summed E-state index contributed by atoms with van der Waals surface area (Å²) in [5.74, 6) is 1.13. The Morgan fingerprint density at radius 1 is 0.833 bits per heavy atom. The van der Waals surface area contributed by atoms with E-state index in [1.807, 2.05) is 12.1 Å². The van der Waals surface area contributed by atoms with E-state index in [2.05, 4.69) is 55.5 Å². The molecular formula is C17H20S. The summed E-state index contributed by atoms with van der Waals surface area (Å²) in [6.45, 7) is 2.26. The highest BCUT2D eigenvalue weighted by atomic mass is 32.2. The zero-order valence-corrected chi connectivity index (χ0v) is 11.7. The average molecular weight is 256 g/mol. The smallest absolute Gasteiger partial charge is 0.0122 e. The van der Waals surface area contributed by atoms with Gasteiger partial charge in [-0.1, -0.05) is 74.3 Å². The summed E-state index contributed by atoms with van der Waals surface area (Å²) in [6.07, 6.45) is 4.44. The molecule has 0 heterocycles. The minimum absolute atomic E-state index is 1.13. The van der Waals surface area contributed by atoms with Crippen LogP contribution >= 0.6 is 11.8 Å². The molecule has 1 heteroatoms. The standard InChI is InChI=1S/C12H10S.C5H10/c1-3-7-11(8-4-1)13-12-9-5-2-6-10-12;1-2-5-3-4-5/h1-10H;5H,2-4H2,1H3. The summed E-state index contributed by atoms with van der Waals surface area (Å²) in [5.41, 5.74) is 0. The Labute approximate surface area is 114 Å². The lowest BCUT2D eigenvalue weighted by atomic mass is 10.3. The summed E-state index contributed by atoms with van der Waals surface area (Å²) in [6, 6.07) is 20.8. The lowest BCUT2D eigenvalue weighted by Gasteiger charge is -1.99. The van der Waals surface area contributed by atoms with Crippen LogP contribution in [0.1, 0.15) is 26.2 Å². The Morgan fingerprint density at radius 2 is 1.28 bits per heavy atom. The third-order valence-corrected chi connectivity index (χ3v) is 4.01. The normalized spacial score (nSPS) is 13.6. The quantitative estimate of drug-likeness (QED) is 0.684. The Balaban J connectivity index is 0.000000202. The second kappa shape index (κ2) is 7.27. The second-order valence-electron chi connectivity index (χ2n) is 4.58. The molecule has 1 aliphatic carbocycles. The van der Waals surface area contributed by atoms with Gasteiger partial charge in [-0.25, -0.2) is 0 Å². The van der Waals surface area contributed by atoms with Gasteiger partial charge in [0, 0.05) is 9.79 Å². The van der Waals surface area contributed by atoms with E-state index in [1.54, 1.807) is 11.8 Å². The van der Waals surface area contributed by atoms with E-state index < -0.39 is 0 Å². The number of benzene rings is 2. The maximum absolute atomic E-state index is 2.26. The van der Waals surface area contributed by atoms with Crippen molar-refractivity contribution < 1.29 is 0 Å². The maximum atomic E-state index is 2.26. The van der Waals surface area contributed by atoms with Crippen molar-refractivity contribution in [2.45, 2.75) is 36.0 Å². The Bertz CT molecular complexity index is 394.